The minimum Gasteiger partial charge on any atom is -0.493 e. The summed E-state index contributed by atoms with van der Waals surface area (Å²) in [7, 11) is 2.95. The molecule has 4 aliphatic heterocycles. The summed E-state index contributed by atoms with van der Waals surface area (Å²) in [4.78, 5) is 98.0. The lowest BCUT2D eigenvalue weighted by atomic mass is 10.1. The summed E-state index contributed by atoms with van der Waals surface area (Å²) >= 11 is 0. The Morgan fingerprint density at radius 3 is 1.89 bits per heavy atom. The van der Waals surface area contributed by atoms with E-state index in [9.17, 15) is 33.6 Å². The van der Waals surface area contributed by atoms with Gasteiger partial charge in [-0.15, -0.1) is 0 Å². The number of hydrogen-bond donors (Lipinski definition) is 6. The van der Waals surface area contributed by atoms with E-state index in [0.29, 0.717) is 70.3 Å². The number of fused-ring (bicyclic) bond motifs is 8. The van der Waals surface area contributed by atoms with E-state index in [2.05, 4.69) is 26.6 Å². The van der Waals surface area contributed by atoms with Gasteiger partial charge in [0.2, 0.25) is 23.6 Å². The molecule has 0 fully saturated rings. The molecule has 4 aliphatic rings. The van der Waals surface area contributed by atoms with Crippen LogP contribution in [0.5, 0.6) is 23.0 Å². The topological polar surface area (TPSA) is 261 Å². The Morgan fingerprint density at radius 1 is 0.667 bits per heavy atom. The van der Waals surface area contributed by atoms with Gasteiger partial charge >= 0.3 is 0 Å². The molecular weight excluding hydrogens is 927 g/mol. The van der Waals surface area contributed by atoms with Gasteiger partial charge in [-0.25, -0.2) is 0 Å². The smallest absolute Gasteiger partial charge is 0.261 e. The van der Waals surface area contributed by atoms with Gasteiger partial charge in [-0.3, -0.25) is 43.5 Å². The maximum Gasteiger partial charge on any atom is 0.261 e. The highest BCUT2D eigenvalue weighted by atomic mass is 16.5. The number of hydrogen-bond acceptors (Lipinski definition) is 13. The third-order valence-corrected chi connectivity index (χ3v) is 12.6. The molecule has 0 aromatic heterocycles. The average Bonchev–Trinajstić information content (AvgIpc) is 3.88. The SMILES string of the molecule is COc1cc2c(cc1OCc1cc(COc3cc4c(cc3OC)C(=O)N3c5ccccc5C[C@H]3CN4)cc(C(=O)NCC(=O)NCC(=O)NCC(=O)NCCC(N)=O)c1)N=C[C@@H]1Cc3ccccc3N1C2=O. The molecular formula is C52H51N9O11. The number of rotatable bonds is 18. The number of nitrogens with two attached hydrogens (primary N) is 1. The van der Waals surface area contributed by atoms with Crippen molar-refractivity contribution in [2.24, 2.45) is 10.7 Å². The average molecular weight is 978 g/mol. The molecule has 5 aromatic rings. The highest BCUT2D eigenvalue weighted by Crippen LogP contribution is 2.43. The van der Waals surface area contributed by atoms with Crippen molar-refractivity contribution in [3.63, 3.8) is 0 Å². The fraction of sp³-hybridized carbons (Fsp3) is 0.269. The van der Waals surface area contributed by atoms with Gasteiger partial charge in [0.05, 0.1) is 68.4 Å². The largest absolute Gasteiger partial charge is 0.493 e. The Hall–Kier alpha value is -8.94. The van der Waals surface area contributed by atoms with Crippen molar-refractivity contribution < 1.29 is 52.5 Å². The molecule has 0 aliphatic carbocycles. The van der Waals surface area contributed by atoms with Crippen LogP contribution < -0.4 is 61.1 Å². The number of amides is 7. The monoisotopic (exact) mass is 977 g/mol. The highest BCUT2D eigenvalue weighted by molar-refractivity contribution is 6.15. The molecule has 0 saturated carbocycles. The van der Waals surface area contributed by atoms with Crippen LogP contribution in [-0.2, 0) is 45.2 Å². The minimum absolute atomic E-state index is 0.0168. The molecule has 0 saturated heterocycles. The Bertz CT molecular complexity index is 3050. The Balaban J connectivity index is 0.916. The van der Waals surface area contributed by atoms with Crippen LogP contribution in [0.15, 0.2) is 96.0 Å². The number of nitrogens with one attached hydrogen (secondary N) is 5. The predicted octanol–water partition coefficient (Wildman–Crippen LogP) is 3.10. The third-order valence-electron chi connectivity index (χ3n) is 12.6. The summed E-state index contributed by atoms with van der Waals surface area (Å²) in [5.41, 5.74) is 11.9. The molecule has 4 heterocycles. The highest BCUT2D eigenvalue weighted by Gasteiger charge is 2.39. The molecule has 7 amide bonds. The van der Waals surface area contributed by atoms with Gasteiger partial charge in [0.15, 0.2) is 23.0 Å². The summed E-state index contributed by atoms with van der Waals surface area (Å²) in [6.45, 7) is -0.988. The van der Waals surface area contributed by atoms with Crippen molar-refractivity contribution in [1.82, 2.24) is 21.3 Å². The van der Waals surface area contributed by atoms with Crippen LogP contribution in [0, 0.1) is 0 Å². The quantitative estimate of drug-likeness (QED) is 0.0741. The van der Waals surface area contributed by atoms with Crippen LogP contribution >= 0.6 is 0 Å². The van der Waals surface area contributed by atoms with Gasteiger partial charge < -0.3 is 56.2 Å². The Morgan fingerprint density at radius 2 is 1.24 bits per heavy atom. The van der Waals surface area contributed by atoms with Gasteiger partial charge in [-0.2, -0.15) is 0 Å². The molecule has 72 heavy (non-hydrogen) atoms. The van der Waals surface area contributed by atoms with E-state index in [0.717, 1.165) is 22.5 Å². The van der Waals surface area contributed by atoms with E-state index in [1.165, 1.54) is 14.2 Å². The summed E-state index contributed by atoms with van der Waals surface area (Å²) in [5, 5.41) is 13.2. The van der Waals surface area contributed by atoms with Crippen LogP contribution in [0.4, 0.5) is 22.7 Å². The molecule has 0 bridgehead atoms. The van der Waals surface area contributed by atoms with E-state index in [1.54, 1.807) is 53.6 Å². The van der Waals surface area contributed by atoms with Crippen LogP contribution in [0.1, 0.15) is 59.7 Å². The number of carbonyl (C=O) groups is 7. The van der Waals surface area contributed by atoms with Crippen molar-refractivity contribution in [2.45, 2.75) is 44.6 Å². The maximum absolute atomic E-state index is 14.1. The molecule has 0 spiro atoms. The van der Waals surface area contributed by atoms with Gasteiger partial charge in [0.1, 0.15) is 13.2 Å². The fourth-order valence-electron chi connectivity index (χ4n) is 9.12. The van der Waals surface area contributed by atoms with E-state index in [-0.39, 0.29) is 67.9 Å². The second-order valence-electron chi connectivity index (χ2n) is 17.4. The van der Waals surface area contributed by atoms with Crippen molar-refractivity contribution >= 4 is 70.3 Å². The molecule has 20 heteroatoms. The first-order valence-corrected chi connectivity index (χ1v) is 23.2. The van der Waals surface area contributed by atoms with E-state index in [1.807, 2.05) is 53.4 Å². The minimum atomic E-state index is -0.680. The van der Waals surface area contributed by atoms with Crippen LogP contribution in [-0.4, -0.2) is 107 Å². The molecule has 9 rings (SSSR count). The second-order valence-corrected chi connectivity index (χ2v) is 17.4. The van der Waals surface area contributed by atoms with Crippen molar-refractivity contribution in [3.05, 3.63) is 130 Å². The number of benzene rings is 5. The van der Waals surface area contributed by atoms with Crippen molar-refractivity contribution in [3.8, 4) is 23.0 Å². The summed E-state index contributed by atoms with van der Waals surface area (Å²) < 4.78 is 24.2. The van der Waals surface area contributed by atoms with Crippen molar-refractivity contribution in [2.75, 3.05) is 62.1 Å². The lowest BCUT2D eigenvalue weighted by Gasteiger charge is -2.22. The summed E-state index contributed by atoms with van der Waals surface area (Å²) in [5.74, 6) is -2.25. The number of carbonyl (C=O) groups excluding carboxylic acids is 7. The zero-order chi connectivity index (χ0) is 50.5. The Labute approximate surface area is 413 Å². The fourth-order valence-corrected chi connectivity index (χ4v) is 9.12. The zero-order valence-electron chi connectivity index (χ0n) is 39.4. The van der Waals surface area contributed by atoms with Gasteiger partial charge in [-0.05, 0) is 71.1 Å². The summed E-state index contributed by atoms with van der Waals surface area (Å²) in [6, 6.07) is 26.9. The number of methoxy groups -OCH3 is 2. The number of primary amides is 1. The van der Waals surface area contributed by atoms with Crippen molar-refractivity contribution in [1.29, 1.82) is 0 Å². The molecule has 7 N–H and O–H groups in total. The number of para-hydroxylation sites is 2. The maximum atomic E-state index is 14.1. The van der Waals surface area contributed by atoms with E-state index in [4.69, 9.17) is 29.7 Å². The number of aliphatic imine (C=N–C) groups is 1. The first-order chi connectivity index (χ1) is 34.9. The van der Waals surface area contributed by atoms with Gasteiger partial charge in [0.25, 0.3) is 17.7 Å². The van der Waals surface area contributed by atoms with E-state index < -0.39 is 42.6 Å². The number of anilines is 3. The Kier molecular flexibility index (Phi) is 14.0. The number of nitrogens with zero attached hydrogens (tertiary/aromatic N) is 3. The predicted molar refractivity (Wildman–Crippen MR) is 264 cm³/mol. The second kappa shape index (κ2) is 21.0. The standard InChI is InChI=1S/C52H51N9O11/c1-69-42-18-36-38(55-22-34-16-31-7-3-5-9-40(31)60(34)51(36)67)20-44(42)71-27-29-13-30(15-33(14-29)50(66)59-26-49(65)58-25-48(64)57-24-47(63)54-12-11-46(53)62)28-72-45-21-39-37(19-43(45)70-2)52(68)61-35(23-56-39)17-32-8-4-6-10-41(32)61/h3-10,13-15,18-22,34-35,56H,11-12,16-17,23-28H2,1-2H3,(H2,53,62)(H,54,63)(H,57,64)(H,58,65)(H,59,66)/t34-,35-/m0/s1. The zero-order valence-corrected chi connectivity index (χ0v) is 39.4. The normalized spacial score (nSPS) is 15.7. The van der Waals surface area contributed by atoms with Crippen LogP contribution in [0.3, 0.4) is 0 Å². The summed E-state index contributed by atoms with van der Waals surface area (Å²) in [6.07, 6.45) is 3.05. The first kappa shape index (κ1) is 48.1. The number of ether oxygens (including phenoxy) is 4. The molecule has 20 nitrogen and oxygen atoms in total. The molecule has 5 aromatic carbocycles. The lowest BCUT2D eigenvalue weighted by Crippen LogP contribution is -2.44. The molecule has 2 atom stereocenters. The first-order valence-electron chi connectivity index (χ1n) is 23.2. The van der Waals surface area contributed by atoms with E-state index >= 15 is 0 Å². The molecule has 0 unspecified atom stereocenters. The third kappa shape index (κ3) is 10.3. The van der Waals surface area contributed by atoms with Gasteiger partial charge in [0, 0.05) is 61.2 Å². The molecule has 0 radical (unpaired) electrons. The molecule has 370 valence electrons. The van der Waals surface area contributed by atoms with Crippen LogP contribution in [0.2, 0.25) is 0 Å². The van der Waals surface area contributed by atoms with Crippen LogP contribution in [0.25, 0.3) is 0 Å². The lowest BCUT2D eigenvalue weighted by molar-refractivity contribution is -0.127. The van der Waals surface area contributed by atoms with Gasteiger partial charge in [-0.1, -0.05) is 36.4 Å².